The van der Waals surface area contributed by atoms with E-state index in [2.05, 4.69) is 4.98 Å². The molecule has 6 heteroatoms. The molecule has 0 atom stereocenters. The number of nitriles is 1. The molecule has 146 valence electrons. The minimum atomic E-state index is -0.783. The summed E-state index contributed by atoms with van der Waals surface area (Å²) < 4.78 is 33.4. The smallest absolute Gasteiger partial charge is 0.142 e. The van der Waals surface area contributed by atoms with Crippen LogP contribution in [-0.2, 0) is 0 Å². The van der Waals surface area contributed by atoms with Crippen LogP contribution in [0.3, 0.4) is 0 Å². The van der Waals surface area contributed by atoms with Gasteiger partial charge in [0.2, 0.25) is 0 Å². The first-order valence-corrected chi connectivity index (χ1v) is 9.04. The van der Waals surface area contributed by atoms with Crippen molar-refractivity contribution >= 4 is 5.82 Å². The zero-order valence-corrected chi connectivity index (χ0v) is 15.6. The highest BCUT2D eigenvalue weighted by atomic mass is 19.1. The van der Waals surface area contributed by atoms with Crippen molar-refractivity contribution in [1.29, 1.82) is 5.26 Å². The first kappa shape index (κ1) is 19.1. The van der Waals surface area contributed by atoms with Crippen LogP contribution >= 0.6 is 0 Å². The van der Waals surface area contributed by atoms with E-state index in [-0.39, 0.29) is 22.5 Å². The number of aromatic nitrogens is 1. The first-order valence-electron chi connectivity index (χ1n) is 9.04. The van der Waals surface area contributed by atoms with Crippen LogP contribution in [0.2, 0.25) is 0 Å². The third kappa shape index (κ3) is 3.82. The van der Waals surface area contributed by atoms with Crippen molar-refractivity contribution in [2.75, 3.05) is 5.73 Å². The normalized spacial score (nSPS) is 10.4. The molecule has 0 aliphatic heterocycles. The van der Waals surface area contributed by atoms with E-state index in [1.807, 2.05) is 36.4 Å². The van der Waals surface area contributed by atoms with E-state index in [1.54, 1.807) is 30.3 Å². The molecule has 4 aromatic rings. The Labute approximate surface area is 171 Å². The topological polar surface area (TPSA) is 71.9 Å². The molecule has 0 bridgehead atoms. The van der Waals surface area contributed by atoms with Crippen molar-refractivity contribution in [1.82, 2.24) is 4.98 Å². The van der Waals surface area contributed by atoms with Gasteiger partial charge in [0.1, 0.15) is 40.6 Å². The molecule has 1 aromatic heterocycles. The minimum absolute atomic E-state index is 0.0293. The lowest BCUT2D eigenvalue weighted by molar-refractivity contribution is 0.483. The van der Waals surface area contributed by atoms with Gasteiger partial charge in [-0.15, -0.1) is 0 Å². The number of anilines is 1. The molecule has 0 saturated carbocycles. The molecule has 0 aliphatic carbocycles. The second-order valence-corrected chi connectivity index (χ2v) is 6.49. The Bertz CT molecular complexity index is 1250. The van der Waals surface area contributed by atoms with Crippen LogP contribution in [0.25, 0.3) is 22.4 Å². The standard InChI is InChI=1S/C24H15F2N3O/c25-16-8-11-19(22(26)12-16)20-13-23(29-24(28)21(20)14-27)15-6-9-18(10-7-15)30-17-4-2-1-3-5-17/h1-13H,(H2,28,29). The molecular formula is C24H15F2N3O. The highest BCUT2D eigenvalue weighted by Gasteiger charge is 2.16. The van der Waals surface area contributed by atoms with E-state index in [0.717, 1.165) is 12.1 Å². The fourth-order valence-corrected chi connectivity index (χ4v) is 3.07. The summed E-state index contributed by atoms with van der Waals surface area (Å²) in [6.07, 6.45) is 0. The number of nitrogen functional groups attached to an aromatic ring is 1. The largest absolute Gasteiger partial charge is 0.457 e. The summed E-state index contributed by atoms with van der Waals surface area (Å²) in [6, 6.07) is 23.2. The molecule has 0 fully saturated rings. The number of nitrogens with zero attached hydrogens (tertiary/aromatic N) is 2. The number of benzene rings is 3. The van der Waals surface area contributed by atoms with Crippen molar-refractivity contribution in [3.63, 3.8) is 0 Å². The monoisotopic (exact) mass is 399 g/mol. The third-order valence-corrected chi connectivity index (χ3v) is 4.51. The van der Waals surface area contributed by atoms with Crippen molar-refractivity contribution in [3.05, 3.63) is 96.1 Å². The van der Waals surface area contributed by atoms with E-state index < -0.39 is 11.6 Å². The molecule has 4 nitrogen and oxygen atoms in total. The van der Waals surface area contributed by atoms with Crippen LogP contribution in [0.5, 0.6) is 11.5 Å². The zero-order chi connectivity index (χ0) is 21.1. The summed E-state index contributed by atoms with van der Waals surface area (Å²) in [5, 5.41) is 9.46. The van der Waals surface area contributed by atoms with Gasteiger partial charge in [0.15, 0.2) is 0 Å². The van der Waals surface area contributed by atoms with Crippen LogP contribution in [-0.4, -0.2) is 4.98 Å². The average Bonchev–Trinajstić information content (AvgIpc) is 2.74. The van der Waals surface area contributed by atoms with E-state index in [9.17, 15) is 14.0 Å². The van der Waals surface area contributed by atoms with E-state index in [1.165, 1.54) is 6.07 Å². The van der Waals surface area contributed by atoms with Gasteiger partial charge in [0.05, 0.1) is 5.69 Å². The van der Waals surface area contributed by atoms with Crippen molar-refractivity contribution in [2.24, 2.45) is 0 Å². The van der Waals surface area contributed by atoms with Crippen molar-refractivity contribution in [2.45, 2.75) is 0 Å². The number of ether oxygens (including phenoxy) is 1. The molecule has 0 unspecified atom stereocenters. The Morgan fingerprint density at radius 1 is 0.833 bits per heavy atom. The number of nitrogens with two attached hydrogens (primary N) is 1. The number of halogens is 2. The summed E-state index contributed by atoms with van der Waals surface area (Å²) >= 11 is 0. The van der Waals surface area contributed by atoms with Crippen molar-refractivity contribution < 1.29 is 13.5 Å². The predicted molar refractivity (Wildman–Crippen MR) is 111 cm³/mol. The van der Waals surface area contributed by atoms with Gasteiger partial charge in [-0.2, -0.15) is 5.26 Å². The van der Waals surface area contributed by atoms with E-state index in [0.29, 0.717) is 22.8 Å². The molecule has 3 aromatic carbocycles. The Hall–Kier alpha value is -4.24. The summed E-state index contributed by atoms with van der Waals surface area (Å²) in [5.41, 5.74) is 7.49. The highest BCUT2D eigenvalue weighted by Crippen LogP contribution is 2.33. The molecule has 0 saturated heterocycles. The van der Waals surface area contributed by atoms with Gasteiger partial charge in [0.25, 0.3) is 0 Å². The SMILES string of the molecule is N#Cc1c(-c2ccc(F)cc2F)cc(-c2ccc(Oc3ccccc3)cc2)nc1N. The fourth-order valence-electron chi connectivity index (χ4n) is 3.07. The van der Waals surface area contributed by atoms with Gasteiger partial charge in [-0.05, 0) is 54.6 Å². The average molecular weight is 399 g/mol. The van der Waals surface area contributed by atoms with Crippen LogP contribution in [0.4, 0.5) is 14.6 Å². The maximum Gasteiger partial charge on any atom is 0.142 e. The Morgan fingerprint density at radius 3 is 2.20 bits per heavy atom. The van der Waals surface area contributed by atoms with Gasteiger partial charge in [-0.1, -0.05) is 18.2 Å². The van der Waals surface area contributed by atoms with Crippen LogP contribution in [0.1, 0.15) is 5.56 Å². The fraction of sp³-hybridized carbons (Fsp3) is 0. The van der Waals surface area contributed by atoms with Gasteiger partial charge < -0.3 is 10.5 Å². The molecule has 0 amide bonds. The highest BCUT2D eigenvalue weighted by molar-refractivity contribution is 5.80. The lowest BCUT2D eigenvalue weighted by Gasteiger charge is -2.12. The van der Waals surface area contributed by atoms with Crippen LogP contribution in [0.15, 0.2) is 78.9 Å². The molecule has 4 rings (SSSR count). The molecule has 0 spiro atoms. The zero-order valence-electron chi connectivity index (χ0n) is 15.6. The number of hydrogen-bond donors (Lipinski definition) is 1. The van der Waals surface area contributed by atoms with E-state index in [4.69, 9.17) is 10.5 Å². The lowest BCUT2D eigenvalue weighted by Crippen LogP contribution is -2.01. The van der Waals surface area contributed by atoms with Gasteiger partial charge in [-0.3, -0.25) is 0 Å². The molecule has 0 radical (unpaired) electrons. The molecular weight excluding hydrogens is 384 g/mol. The predicted octanol–water partition coefficient (Wildman–Crippen LogP) is 5.94. The number of pyridine rings is 1. The minimum Gasteiger partial charge on any atom is -0.457 e. The summed E-state index contributed by atoms with van der Waals surface area (Å²) in [7, 11) is 0. The Morgan fingerprint density at radius 2 is 1.53 bits per heavy atom. The quantitative estimate of drug-likeness (QED) is 0.461. The molecule has 30 heavy (non-hydrogen) atoms. The van der Waals surface area contributed by atoms with Gasteiger partial charge >= 0.3 is 0 Å². The molecule has 0 aliphatic rings. The summed E-state index contributed by atoms with van der Waals surface area (Å²) in [6.45, 7) is 0. The Kier molecular flexibility index (Phi) is 5.10. The lowest BCUT2D eigenvalue weighted by atomic mass is 9.98. The van der Waals surface area contributed by atoms with Crippen LogP contribution < -0.4 is 10.5 Å². The second kappa shape index (κ2) is 8.02. The second-order valence-electron chi connectivity index (χ2n) is 6.49. The maximum absolute atomic E-state index is 14.4. The number of hydrogen-bond acceptors (Lipinski definition) is 4. The number of para-hydroxylation sites is 1. The summed E-state index contributed by atoms with van der Waals surface area (Å²) in [5.74, 6) is -0.171. The number of rotatable bonds is 4. The Balaban J connectivity index is 1.73. The van der Waals surface area contributed by atoms with Crippen LogP contribution in [0, 0.1) is 23.0 Å². The maximum atomic E-state index is 14.4. The first-order chi connectivity index (χ1) is 14.5. The third-order valence-electron chi connectivity index (χ3n) is 4.51. The van der Waals surface area contributed by atoms with Crippen molar-refractivity contribution in [3.8, 4) is 40.0 Å². The molecule has 2 N–H and O–H groups in total. The van der Waals surface area contributed by atoms with Gasteiger partial charge in [-0.25, -0.2) is 13.8 Å². The molecule has 1 heterocycles. The summed E-state index contributed by atoms with van der Waals surface area (Å²) in [4.78, 5) is 4.28. The van der Waals surface area contributed by atoms with E-state index >= 15 is 0 Å². The van der Waals surface area contributed by atoms with Gasteiger partial charge in [0, 0.05) is 22.8 Å².